The number of hydrogen-bond acceptors (Lipinski definition) is 3. The van der Waals surface area contributed by atoms with Gasteiger partial charge < -0.3 is 15.8 Å². The number of benzene rings is 1. The number of carbonyl (C=O) groups excluding carboxylic acids is 1. The maximum absolute atomic E-state index is 13.7. The normalized spacial score (nSPS) is 25.8. The standard InChI is InChI=1S/C14H19FN2O2/c1-13(2)9-14(12(16)18,7-8-19-13)17-11-6-4-3-5-10(11)15/h3-6,17H,7-9H2,1-2H3,(H2,16,18). The van der Waals surface area contributed by atoms with Crippen LogP contribution in [0.2, 0.25) is 0 Å². The van der Waals surface area contributed by atoms with Crippen molar-refractivity contribution in [3.63, 3.8) is 0 Å². The van der Waals surface area contributed by atoms with E-state index >= 15 is 0 Å². The number of anilines is 1. The highest BCUT2D eigenvalue weighted by Crippen LogP contribution is 2.35. The topological polar surface area (TPSA) is 64.3 Å². The number of hydrogen-bond donors (Lipinski definition) is 2. The van der Waals surface area contributed by atoms with Crippen molar-refractivity contribution in [1.29, 1.82) is 0 Å². The van der Waals surface area contributed by atoms with Gasteiger partial charge in [0.15, 0.2) is 0 Å². The summed E-state index contributed by atoms with van der Waals surface area (Å²) in [5.74, 6) is -0.875. The highest BCUT2D eigenvalue weighted by Gasteiger charge is 2.45. The first-order chi connectivity index (χ1) is 8.85. The van der Waals surface area contributed by atoms with Gasteiger partial charge in [0.05, 0.1) is 17.9 Å². The Balaban J connectivity index is 2.31. The summed E-state index contributed by atoms with van der Waals surface area (Å²) >= 11 is 0. The summed E-state index contributed by atoms with van der Waals surface area (Å²) in [6, 6.07) is 6.26. The molecule has 1 fully saturated rings. The minimum absolute atomic E-state index is 0.291. The molecule has 5 heteroatoms. The molecule has 2 rings (SSSR count). The Labute approximate surface area is 112 Å². The van der Waals surface area contributed by atoms with Crippen LogP contribution in [-0.2, 0) is 9.53 Å². The number of halogens is 1. The highest BCUT2D eigenvalue weighted by molar-refractivity contribution is 5.88. The molecule has 0 saturated carbocycles. The van der Waals surface area contributed by atoms with Crippen LogP contribution in [0.15, 0.2) is 24.3 Å². The second-order valence-electron chi connectivity index (χ2n) is 5.59. The van der Waals surface area contributed by atoms with E-state index in [0.717, 1.165) is 0 Å². The quantitative estimate of drug-likeness (QED) is 0.880. The molecule has 0 aliphatic carbocycles. The fourth-order valence-electron chi connectivity index (χ4n) is 2.57. The summed E-state index contributed by atoms with van der Waals surface area (Å²) in [6.07, 6.45) is 0.837. The Morgan fingerprint density at radius 2 is 2.11 bits per heavy atom. The van der Waals surface area contributed by atoms with Crippen LogP contribution in [0.5, 0.6) is 0 Å². The van der Waals surface area contributed by atoms with Crippen molar-refractivity contribution in [3.8, 4) is 0 Å². The first-order valence-electron chi connectivity index (χ1n) is 6.31. The zero-order valence-electron chi connectivity index (χ0n) is 11.2. The van der Waals surface area contributed by atoms with Gasteiger partial charge in [-0.25, -0.2) is 4.39 Å². The monoisotopic (exact) mass is 266 g/mol. The molecule has 19 heavy (non-hydrogen) atoms. The number of nitrogens with one attached hydrogen (secondary N) is 1. The largest absolute Gasteiger partial charge is 0.375 e. The van der Waals surface area contributed by atoms with Crippen molar-refractivity contribution in [2.45, 2.75) is 37.8 Å². The van der Waals surface area contributed by atoms with Gasteiger partial charge in [-0.2, -0.15) is 0 Å². The predicted octanol–water partition coefficient (Wildman–Crippen LogP) is 2.05. The van der Waals surface area contributed by atoms with Crippen LogP contribution in [0.4, 0.5) is 10.1 Å². The molecule has 1 aliphatic heterocycles. The Morgan fingerprint density at radius 3 is 2.68 bits per heavy atom. The first kappa shape index (κ1) is 13.8. The molecule has 1 aromatic rings. The van der Waals surface area contributed by atoms with E-state index in [1.165, 1.54) is 6.07 Å². The summed E-state index contributed by atoms with van der Waals surface area (Å²) in [4.78, 5) is 11.9. The lowest BCUT2D eigenvalue weighted by Gasteiger charge is -2.43. The van der Waals surface area contributed by atoms with E-state index < -0.39 is 22.9 Å². The molecule has 0 bridgehead atoms. The molecule has 1 aliphatic rings. The first-order valence-corrected chi connectivity index (χ1v) is 6.31. The molecule has 0 radical (unpaired) electrons. The van der Waals surface area contributed by atoms with E-state index in [4.69, 9.17) is 10.5 Å². The smallest absolute Gasteiger partial charge is 0.243 e. The van der Waals surface area contributed by atoms with Crippen molar-refractivity contribution in [2.75, 3.05) is 11.9 Å². The SMILES string of the molecule is CC1(C)CC(Nc2ccccc2F)(C(N)=O)CCO1. The van der Waals surface area contributed by atoms with Crippen LogP contribution in [0.3, 0.4) is 0 Å². The van der Waals surface area contributed by atoms with E-state index in [1.807, 2.05) is 13.8 Å². The molecular formula is C14H19FN2O2. The van der Waals surface area contributed by atoms with Gasteiger partial charge in [-0.05, 0) is 26.0 Å². The molecular weight excluding hydrogens is 247 g/mol. The lowest BCUT2D eigenvalue weighted by atomic mass is 9.80. The van der Waals surface area contributed by atoms with Gasteiger partial charge in [0.25, 0.3) is 0 Å². The average Bonchev–Trinajstić information content (AvgIpc) is 2.30. The highest BCUT2D eigenvalue weighted by atomic mass is 19.1. The summed E-state index contributed by atoms with van der Waals surface area (Å²) in [5.41, 5.74) is 4.40. The van der Waals surface area contributed by atoms with E-state index in [9.17, 15) is 9.18 Å². The van der Waals surface area contributed by atoms with Crippen LogP contribution in [0.25, 0.3) is 0 Å². The molecule has 1 heterocycles. The van der Waals surface area contributed by atoms with Crippen LogP contribution in [0, 0.1) is 5.82 Å². The molecule has 1 unspecified atom stereocenters. The maximum Gasteiger partial charge on any atom is 0.243 e. The van der Waals surface area contributed by atoms with Crippen LogP contribution in [0.1, 0.15) is 26.7 Å². The van der Waals surface area contributed by atoms with Gasteiger partial charge in [0.1, 0.15) is 11.4 Å². The van der Waals surface area contributed by atoms with Gasteiger partial charge in [0, 0.05) is 12.8 Å². The number of nitrogens with two attached hydrogens (primary N) is 1. The van der Waals surface area contributed by atoms with Gasteiger partial charge in [0.2, 0.25) is 5.91 Å². The summed E-state index contributed by atoms with van der Waals surface area (Å²) in [7, 11) is 0. The number of para-hydroxylation sites is 1. The molecule has 0 aromatic heterocycles. The van der Waals surface area contributed by atoms with E-state index in [0.29, 0.717) is 25.1 Å². The minimum atomic E-state index is -0.968. The number of carbonyl (C=O) groups is 1. The average molecular weight is 266 g/mol. The van der Waals surface area contributed by atoms with Crippen LogP contribution in [-0.4, -0.2) is 23.7 Å². The zero-order valence-corrected chi connectivity index (χ0v) is 11.2. The Kier molecular flexibility index (Phi) is 3.49. The van der Waals surface area contributed by atoms with Gasteiger partial charge >= 0.3 is 0 Å². The van der Waals surface area contributed by atoms with Crippen molar-refractivity contribution in [3.05, 3.63) is 30.1 Å². The molecule has 4 nitrogen and oxygen atoms in total. The Hall–Kier alpha value is -1.62. The molecule has 1 atom stereocenters. The molecule has 1 amide bonds. The fourth-order valence-corrected chi connectivity index (χ4v) is 2.57. The fraction of sp³-hybridized carbons (Fsp3) is 0.500. The Morgan fingerprint density at radius 1 is 1.42 bits per heavy atom. The van der Waals surface area contributed by atoms with Crippen molar-refractivity contribution >= 4 is 11.6 Å². The second kappa shape index (κ2) is 4.81. The molecule has 1 saturated heterocycles. The predicted molar refractivity (Wildman–Crippen MR) is 71.2 cm³/mol. The third-order valence-electron chi connectivity index (χ3n) is 3.47. The van der Waals surface area contributed by atoms with Crippen molar-refractivity contribution in [1.82, 2.24) is 0 Å². The Bertz CT molecular complexity index is 490. The maximum atomic E-state index is 13.7. The van der Waals surface area contributed by atoms with E-state index in [2.05, 4.69) is 5.32 Å². The molecule has 1 aromatic carbocycles. The van der Waals surface area contributed by atoms with Crippen molar-refractivity contribution < 1.29 is 13.9 Å². The summed E-state index contributed by atoms with van der Waals surface area (Å²) in [6.45, 7) is 4.21. The zero-order chi connectivity index (χ0) is 14.1. The van der Waals surface area contributed by atoms with Crippen LogP contribution >= 0.6 is 0 Å². The van der Waals surface area contributed by atoms with E-state index in [1.54, 1.807) is 18.2 Å². The van der Waals surface area contributed by atoms with Crippen LogP contribution < -0.4 is 11.1 Å². The second-order valence-corrected chi connectivity index (χ2v) is 5.59. The molecule has 104 valence electrons. The van der Waals surface area contributed by atoms with Crippen molar-refractivity contribution in [2.24, 2.45) is 5.73 Å². The number of rotatable bonds is 3. The van der Waals surface area contributed by atoms with E-state index in [-0.39, 0.29) is 0 Å². The van der Waals surface area contributed by atoms with Gasteiger partial charge in [-0.15, -0.1) is 0 Å². The number of ether oxygens (including phenoxy) is 1. The number of primary amides is 1. The number of amides is 1. The summed E-state index contributed by atoms with van der Waals surface area (Å²) in [5, 5.41) is 2.99. The third kappa shape index (κ3) is 2.87. The lowest BCUT2D eigenvalue weighted by molar-refractivity contribution is -0.133. The third-order valence-corrected chi connectivity index (χ3v) is 3.47. The van der Waals surface area contributed by atoms with Gasteiger partial charge in [-0.1, -0.05) is 12.1 Å². The van der Waals surface area contributed by atoms with Gasteiger partial charge in [-0.3, -0.25) is 4.79 Å². The lowest BCUT2D eigenvalue weighted by Crippen LogP contribution is -2.58. The molecule has 0 spiro atoms. The summed E-state index contributed by atoms with van der Waals surface area (Å²) < 4.78 is 19.3. The molecule has 3 N–H and O–H groups in total. The minimum Gasteiger partial charge on any atom is -0.375 e.